The zero-order chi connectivity index (χ0) is 34.7. The van der Waals surface area contributed by atoms with Gasteiger partial charge in [0.25, 0.3) is 0 Å². The number of aryl methyl sites for hydroxylation is 1. The summed E-state index contributed by atoms with van der Waals surface area (Å²) in [6, 6.07) is 33.1. The molecule has 1 aliphatic heterocycles. The fourth-order valence-electron chi connectivity index (χ4n) is 8.00. The maximum atomic E-state index is 13.8. The number of nitrogens with one attached hydrogen (secondary N) is 2. The molecule has 0 radical (unpaired) electrons. The average molecular weight is 679 g/mol. The molecule has 0 saturated carbocycles. The summed E-state index contributed by atoms with van der Waals surface area (Å²) in [5.74, 6) is -0.619. The number of benzene rings is 4. The largest absolute Gasteiger partial charge is 0.405 e. The van der Waals surface area contributed by atoms with Gasteiger partial charge < -0.3 is 15.2 Å². The van der Waals surface area contributed by atoms with Crippen LogP contribution < -0.4 is 10.6 Å². The molecule has 2 amide bonds. The number of nitrogens with zero attached hydrogens (tertiary/aromatic N) is 2. The molecule has 0 spiro atoms. The van der Waals surface area contributed by atoms with E-state index in [0.29, 0.717) is 25.8 Å². The van der Waals surface area contributed by atoms with Crippen LogP contribution in [0.1, 0.15) is 55.2 Å². The molecule has 1 aromatic heterocycles. The van der Waals surface area contributed by atoms with Crippen LogP contribution in [0.25, 0.3) is 22.0 Å². The van der Waals surface area contributed by atoms with Crippen LogP contribution >= 0.6 is 0 Å². The van der Waals surface area contributed by atoms with Gasteiger partial charge in [0.05, 0.1) is 17.2 Å². The Hall–Kier alpha value is -4.89. The minimum atomic E-state index is -4.51. The lowest BCUT2D eigenvalue weighted by Gasteiger charge is -2.34. The van der Waals surface area contributed by atoms with E-state index in [1.165, 1.54) is 5.56 Å². The SMILES string of the molecule is O=C(Nc1cccc2c1ccn2CCCCC1(C(=O)NCC(F)(F)F)c2ccccc2-c2ccccc21)C1CCCCN1Cc1ccccc1. The number of aromatic nitrogens is 1. The summed E-state index contributed by atoms with van der Waals surface area (Å²) >= 11 is 0. The van der Waals surface area contributed by atoms with Crippen molar-refractivity contribution in [2.24, 2.45) is 0 Å². The minimum absolute atomic E-state index is 0.00658. The van der Waals surface area contributed by atoms with Crippen LogP contribution in [0.15, 0.2) is 109 Å². The summed E-state index contributed by atoms with van der Waals surface area (Å²) in [6.45, 7) is 0.897. The standard InChI is InChI=1S/C41H41F3N4O2/c42-41(43,44)28-45-39(50)40(33-17-6-4-15-30(33)31-16-5-7-18-34(31)40)23-9-11-24-47-26-22-32-35(19-12-21-36(32)47)46-38(49)37-20-8-10-25-48(37)27-29-13-2-1-3-14-29/h1-7,12-19,21-22,26,37H,8-11,20,23-25,27-28H2,(H,45,50)(H,46,49). The molecule has 4 aromatic carbocycles. The number of likely N-dealkylation sites (tertiary alicyclic amines) is 1. The van der Waals surface area contributed by atoms with Crippen LogP contribution in [0, 0.1) is 0 Å². The number of amides is 2. The Bertz CT molecular complexity index is 1940. The normalized spacial score (nSPS) is 16.9. The van der Waals surface area contributed by atoms with E-state index in [-0.39, 0.29) is 11.9 Å². The first-order valence-electron chi connectivity index (χ1n) is 17.5. The monoisotopic (exact) mass is 678 g/mol. The molecular weight excluding hydrogens is 637 g/mol. The van der Waals surface area contributed by atoms with Crippen LogP contribution in [-0.2, 0) is 28.1 Å². The van der Waals surface area contributed by atoms with Crippen LogP contribution in [0.4, 0.5) is 18.9 Å². The number of alkyl halides is 3. The van der Waals surface area contributed by atoms with Crippen molar-refractivity contribution in [3.63, 3.8) is 0 Å². The molecule has 1 unspecified atom stereocenters. The fraction of sp³-hybridized carbons (Fsp3) is 0.317. The molecule has 258 valence electrons. The Labute approximate surface area is 290 Å². The molecule has 0 bridgehead atoms. The lowest BCUT2D eigenvalue weighted by Crippen LogP contribution is -2.47. The summed E-state index contributed by atoms with van der Waals surface area (Å²) in [6.07, 6.45) is 2.09. The predicted octanol–water partition coefficient (Wildman–Crippen LogP) is 8.45. The maximum Gasteiger partial charge on any atom is 0.405 e. The molecule has 2 heterocycles. The maximum absolute atomic E-state index is 13.8. The number of rotatable bonds is 11. The summed E-state index contributed by atoms with van der Waals surface area (Å²) in [5, 5.41) is 6.40. The Morgan fingerprint density at radius 2 is 1.50 bits per heavy atom. The molecule has 1 aliphatic carbocycles. The van der Waals surface area contributed by atoms with Crippen molar-refractivity contribution in [3.05, 3.63) is 126 Å². The number of unbranched alkanes of at least 4 members (excludes halogenated alkanes) is 1. The number of anilines is 1. The van der Waals surface area contributed by atoms with E-state index in [9.17, 15) is 22.8 Å². The predicted molar refractivity (Wildman–Crippen MR) is 191 cm³/mol. The summed E-state index contributed by atoms with van der Waals surface area (Å²) in [7, 11) is 0. The van der Waals surface area contributed by atoms with Gasteiger partial charge in [-0.2, -0.15) is 13.2 Å². The summed E-state index contributed by atoms with van der Waals surface area (Å²) < 4.78 is 41.9. The summed E-state index contributed by atoms with van der Waals surface area (Å²) in [4.78, 5) is 29.8. The van der Waals surface area contributed by atoms with Crippen molar-refractivity contribution in [1.82, 2.24) is 14.8 Å². The van der Waals surface area contributed by atoms with E-state index in [0.717, 1.165) is 71.2 Å². The number of carbonyl (C=O) groups excluding carboxylic acids is 2. The van der Waals surface area contributed by atoms with Crippen molar-refractivity contribution in [2.75, 3.05) is 18.4 Å². The zero-order valence-electron chi connectivity index (χ0n) is 27.9. The second kappa shape index (κ2) is 14.2. The minimum Gasteiger partial charge on any atom is -0.347 e. The molecule has 7 rings (SSSR count). The number of fused-ring (bicyclic) bond motifs is 4. The van der Waals surface area contributed by atoms with Gasteiger partial charge in [-0.25, -0.2) is 0 Å². The molecule has 1 atom stereocenters. The van der Waals surface area contributed by atoms with Crippen molar-refractivity contribution in [1.29, 1.82) is 0 Å². The van der Waals surface area contributed by atoms with Gasteiger partial charge in [0.2, 0.25) is 11.8 Å². The average Bonchev–Trinajstić information content (AvgIpc) is 3.67. The van der Waals surface area contributed by atoms with Crippen molar-refractivity contribution < 1.29 is 22.8 Å². The van der Waals surface area contributed by atoms with Crippen LogP contribution in [-0.4, -0.2) is 46.6 Å². The highest BCUT2D eigenvalue weighted by Gasteiger charge is 2.49. The van der Waals surface area contributed by atoms with E-state index in [2.05, 4.69) is 32.2 Å². The van der Waals surface area contributed by atoms with E-state index in [1.807, 2.05) is 97.2 Å². The van der Waals surface area contributed by atoms with Gasteiger partial charge >= 0.3 is 6.18 Å². The lowest BCUT2D eigenvalue weighted by atomic mass is 9.73. The quantitative estimate of drug-likeness (QED) is 0.138. The smallest absolute Gasteiger partial charge is 0.347 e. The number of hydrogen-bond donors (Lipinski definition) is 2. The van der Waals surface area contributed by atoms with Crippen LogP contribution in [0.3, 0.4) is 0 Å². The van der Waals surface area contributed by atoms with E-state index >= 15 is 0 Å². The van der Waals surface area contributed by atoms with Gasteiger partial charge in [0.15, 0.2) is 0 Å². The molecule has 6 nitrogen and oxygen atoms in total. The van der Waals surface area contributed by atoms with Crippen molar-refractivity contribution >= 4 is 28.4 Å². The third-order valence-corrected chi connectivity index (χ3v) is 10.3. The third-order valence-electron chi connectivity index (χ3n) is 10.3. The van der Waals surface area contributed by atoms with Crippen molar-refractivity contribution in [2.45, 2.75) is 69.2 Å². The lowest BCUT2D eigenvalue weighted by molar-refractivity contribution is -0.141. The second-order valence-electron chi connectivity index (χ2n) is 13.5. The second-order valence-corrected chi connectivity index (χ2v) is 13.5. The van der Waals surface area contributed by atoms with Crippen LogP contribution in [0.5, 0.6) is 0 Å². The highest BCUT2D eigenvalue weighted by atomic mass is 19.4. The van der Waals surface area contributed by atoms with Gasteiger partial charge in [-0.3, -0.25) is 14.5 Å². The number of hydrogen-bond acceptors (Lipinski definition) is 3. The first-order valence-corrected chi connectivity index (χ1v) is 17.5. The van der Waals surface area contributed by atoms with Gasteiger partial charge in [-0.05, 0) is 84.7 Å². The van der Waals surface area contributed by atoms with E-state index in [1.54, 1.807) is 0 Å². The highest BCUT2D eigenvalue weighted by molar-refractivity contribution is 6.03. The fourth-order valence-corrected chi connectivity index (χ4v) is 8.00. The van der Waals surface area contributed by atoms with Gasteiger partial charge in [-0.1, -0.05) is 91.3 Å². The molecule has 2 N–H and O–H groups in total. The Kier molecular flexibility index (Phi) is 9.51. The molecule has 9 heteroatoms. The van der Waals surface area contributed by atoms with E-state index < -0.39 is 24.0 Å². The van der Waals surface area contributed by atoms with Crippen molar-refractivity contribution in [3.8, 4) is 11.1 Å². The van der Waals surface area contributed by atoms with Gasteiger partial charge in [0, 0.05) is 24.7 Å². The zero-order valence-corrected chi connectivity index (χ0v) is 27.9. The molecule has 1 saturated heterocycles. The molecule has 1 fully saturated rings. The highest BCUT2D eigenvalue weighted by Crippen LogP contribution is 2.51. The summed E-state index contributed by atoms with van der Waals surface area (Å²) in [5.41, 5.74) is 4.99. The molecule has 50 heavy (non-hydrogen) atoms. The van der Waals surface area contributed by atoms with E-state index in [4.69, 9.17) is 0 Å². The Morgan fingerprint density at radius 3 is 2.22 bits per heavy atom. The van der Waals surface area contributed by atoms with Crippen LogP contribution in [0.2, 0.25) is 0 Å². The Balaban J connectivity index is 1.06. The first-order chi connectivity index (χ1) is 24.2. The Morgan fingerprint density at radius 1 is 0.800 bits per heavy atom. The number of piperidine rings is 1. The molecule has 5 aromatic rings. The van der Waals surface area contributed by atoms with Gasteiger partial charge in [-0.15, -0.1) is 0 Å². The number of carbonyl (C=O) groups is 2. The molecular formula is C41H41F3N4O2. The van der Waals surface area contributed by atoms with Gasteiger partial charge in [0.1, 0.15) is 12.0 Å². The first kappa shape index (κ1) is 33.6. The topological polar surface area (TPSA) is 66.4 Å². The number of halogens is 3. The third kappa shape index (κ3) is 6.66. The molecule has 2 aliphatic rings.